The molecule has 1 heterocycles. The first-order valence-electron chi connectivity index (χ1n) is 4.42. The van der Waals surface area contributed by atoms with Crippen LogP contribution >= 0.6 is 0 Å². The monoisotopic (exact) mass is 195 g/mol. The van der Waals surface area contributed by atoms with Crippen molar-refractivity contribution in [1.29, 1.82) is 0 Å². The fraction of sp³-hybridized carbons (Fsp3) is 0.400. The van der Waals surface area contributed by atoms with Crippen LogP contribution < -0.4 is 4.74 Å². The van der Waals surface area contributed by atoms with E-state index in [4.69, 9.17) is 4.74 Å². The molecule has 0 saturated heterocycles. The third-order valence-corrected chi connectivity index (χ3v) is 1.91. The van der Waals surface area contributed by atoms with Gasteiger partial charge in [0, 0.05) is 6.20 Å². The lowest BCUT2D eigenvalue weighted by Crippen LogP contribution is -2.21. The Morgan fingerprint density at radius 1 is 1.71 bits per heavy atom. The van der Waals surface area contributed by atoms with Gasteiger partial charge in [0.2, 0.25) is 5.78 Å². The van der Waals surface area contributed by atoms with Crippen LogP contribution in [0.5, 0.6) is 5.75 Å². The van der Waals surface area contributed by atoms with Crippen LogP contribution in [0.15, 0.2) is 18.3 Å². The molecule has 0 spiro atoms. The van der Waals surface area contributed by atoms with E-state index in [9.17, 15) is 9.90 Å². The number of ether oxygens (including phenoxy) is 1. The predicted octanol–water partition coefficient (Wildman–Crippen LogP) is 1.04. The lowest BCUT2D eigenvalue weighted by molar-refractivity contribution is 0.0731. The molecule has 0 radical (unpaired) electrons. The maximum absolute atomic E-state index is 11.6. The summed E-state index contributed by atoms with van der Waals surface area (Å²) < 4.78 is 4.97. The number of carbonyl (C=O) groups excluding carboxylic acids is 1. The van der Waals surface area contributed by atoms with Gasteiger partial charge in [-0.05, 0) is 18.6 Å². The van der Waals surface area contributed by atoms with Gasteiger partial charge in [-0.3, -0.25) is 4.79 Å². The van der Waals surface area contributed by atoms with Crippen LogP contribution in [0.4, 0.5) is 0 Å². The summed E-state index contributed by atoms with van der Waals surface area (Å²) in [6.45, 7) is 1.73. The quantitative estimate of drug-likeness (QED) is 0.729. The highest BCUT2D eigenvalue weighted by molar-refractivity contribution is 5.99. The molecular formula is C10H13NO3. The van der Waals surface area contributed by atoms with Crippen molar-refractivity contribution in [3.8, 4) is 5.75 Å². The second-order valence-corrected chi connectivity index (χ2v) is 2.84. The molecular weight excluding hydrogens is 182 g/mol. The van der Waals surface area contributed by atoms with E-state index < -0.39 is 11.9 Å². The molecule has 0 fully saturated rings. The lowest BCUT2D eigenvalue weighted by atomic mass is 10.1. The Balaban J connectivity index is 3.00. The van der Waals surface area contributed by atoms with E-state index in [1.807, 2.05) is 0 Å². The Morgan fingerprint density at radius 2 is 2.43 bits per heavy atom. The van der Waals surface area contributed by atoms with E-state index >= 15 is 0 Å². The Kier molecular flexibility index (Phi) is 3.59. The number of Topliss-reactive ketones (excluding diaryl/α,β-unsaturated/α-hetero) is 1. The first-order valence-corrected chi connectivity index (χ1v) is 4.42. The Labute approximate surface area is 82.5 Å². The van der Waals surface area contributed by atoms with E-state index in [2.05, 4.69) is 4.98 Å². The zero-order valence-corrected chi connectivity index (χ0v) is 8.23. The second-order valence-electron chi connectivity index (χ2n) is 2.84. The van der Waals surface area contributed by atoms with Gasteiger partial charge in [-0.25, -0.2) is 4.98 Å². The van der Waals surface area contributed by atoms with Gasteiger partial charge in [-0.15, -0.1) is 0 Å². The van der Waals surface area contributed by atoms with Gasteiger partial charge in [0.05, 0.1) is 7.11 Å². The predicted molar refractivity (Wildman–Crippen MR) is 51.4 cm³/mol. The largest absolute Gasteiger partial charge is 0.494 e. The number of methoxy groups -OCH3 is 1. The van der Waals surface area contributed by atoms with Gasteiger partial charge in [0.15, 0.2) is 5.69 Å². The van der Waals surface area contributed by atoms with Crippen LogP contribution in [0, 0.1) is 0 Å². The molecule has 0 amide bonds. The summed E-state index contributed by atoms with van der Waals surface area (Å²) >= 11 is 0. The average Bonchev–Trinajstić information content (AvgIpc) is 2.26. The summed E-state index contributed by atoms with van der Waals surface area (Å²) in [7, 11) is 1.46. The van der Waals surface area contributed by atoms with E-state index in [-0.39, 0.29) is 5.69 Å². The molecule has 0 aliphatic rings. The van der Waals surface area contributed by atoms with Crippen molar-refractivity contribution in [1.82, 2.24) is 4.98 Å². The average molecular weight is 195 g/mol. The number of pyridine rings is 1. The standard InChI is InChI=1S/C10H13NO3/c1-3-7(12)10(13)9-8(14-2)5-4-6-11-9/h4-7,12H,3H2,1-2H3. The Hall–Kier alpha value is -1.42. The number of aliphatic hydroxyl groups excluding tert-OH is 1. The number of hydrogen-bond acceptors (Lipinski definition) is 4. The molecule has 0 aliphatic carbocycles. The van der Waals surface area contributed by atoms with Gasteiger partial charge >= 0.3 is 0 Å². The third kappa shape index (κ3) is 2.09. The molecule has 1 aromatic rings. The lowest BCUT2D eigenvalue weighted by Gasteiger charge is -2.08. The molecule has 76 valence electrons. The van der Waals surface area contributed by atoms with Crippen LogP contribution in [0.1, 0.15) is 23.8 Å². The van der Waals surface area contributed by atoms with E-state index in [1.54, 1.807) is 19.1 Å². The smallest absolute Gasteiger partial charge is 0.213 e. The second kappa shape index (κ2) is 4.72. The molecule has 0 aromatic carbocycles. The van der Waals surface area contributed by atoms with E-state index in [0.29, 0.717) is 12.2 Å². The summed E-state index contributed by atoms with van der Waals surface area (Å²) in [4.78, 5) is 15.4. The minimum atomic E-state index is -1.00. The molecule has 0 bridgehead atoms. The molecule has 0 aliphatic heterocycles. The van der Waals surface area contributed by atoms with Crippen molar-refractivity contribution < 1.29 is 14.6 Å². The van der Waals surface area contributed by atoms with Gasteiger partial charge in [-0.2, -0.15) is 0 Å². The highest BCUT2D eigenvalue weighted by Gasteiger charge is 2.19. The summed E-state index contributed by atoms with van der Waals surface area (Å²) in [6, 6.07) is 3.32. The van der Waals surface area contributed by atoms with Crippen molar-refractivity contribution in [2.75, 3.05) is 7.11 Å². The molecule has 4 nitrogen and oxygen atoms in total. The zero-order chi connectivity index (χ0) is 10.6. The normalized spacial score (nSPS) is 12.2. The maximum atomic E-state index is 11.6. The van der Waals surface area contributed by atoms with Crippen molar-refractivity contribution in [2.45, 2.75) is 19.4 Å². The van der Waals surface area contributed by atoms with Crippen LogP contribution in [0.25, 0.3) is 0 Å². The number of nitrogens with zero attached hydrogens (tertiary/aromatic N) is 1. The van der Waals surface area contributed by atoms with Crippen LogP contribution in [0.2, 0.25) is 0 Å². The van der Waals surface area contributed by atoms with Crippen molar-refractivity contribution in [3.63, 3.8) is 0 Å². The number of carbonyl (C=O) groups is 1. The van der Waals surface area contributed by atoms with Crippen LogP contribution in [-0.4, -0.2) is 29.1 Å². The summed E-state index contributed by atoms with van der Waals surface area (Å²) in [5, 5.41) is 9.35. The van der Waals surface area contributed by atoms with E-state index in [1.165, 1.54) is 13.3 Å². The molecule has 14 heavy (non-hydrogen) atoms. The van der Waals surface area contributed by atoms with Gasteiger partial charge in [0.1, 0.15) is 11.9 Å². The first kappa shape index (κ1) is 10.7. The van der Waals surface area contributed by atoms with Gasteiger partial charge in [-0.1, -0.05) is 6.92 Å². The number of aliphatic hydroxyl groups is 1. The Morgan fingerprint density at radius 3 is 3.00 bits per heavy atom. The van der Waals surface area contributed by atoms with Crippen LogP contribution in [-0.2, 0) is 0 Å². The number of aromatic nitrogens is 1. The number of ketones is 1. The third-order valence-electron chi connectivity index (χ3n) is 1.91. The van der Waals surface area contributed by atoms with Crippen molar-refractivity contribution in [2.24, 2.45) is 0 Å². The number of hydrogen-bond donors (Lipinski definition) is 1. The summed E-state index contributed by atoms with van der Waals surface area (Å²) in [5.41, 5.74) is 0.185. The molecule has 1 rings (SSSR count). The molecule has 1 N–H and O–H groups in total. The number of rotatable bonds is 4. The van der Waals surface area contributed by atoms with E-state index in [0.717, 1.165) is 0 Å². The fourth-order valence-electron chi connectivity index (χ4n) is 1.08. The SMILES string of the molecule is CCC(O)C(=O)c1ncccc1OC. The molecule has 1 aromatic heterocycles. The summed E-state index contributed by atoms with van der Waals surface area (Å²) in [6.07, 6.45) is 0.871. The highest BCUT2D eigenvalue weighted by Crippen LogP contribution is 2.16. The molecule has 1 unspecified atom stereocenters. The first-order chi connectivity index (χ1) is 6.70. The molecule has 1 atom stereocenters. The minimum Gasteiger partial charge on any atom is -0.494 e. The van der Waals surface area contributed by atoms with Gasteiger partial charge in [0.25, 0.3) is 0 Å². The zero-order valence-electron chi connectivity index (χ0n) is 8.23. The molecule has 4 heteroatoms. The Bertz CT molecular complexity index is 325. The summed E-state index contributed by atoms with van der Waals surface area (Å²) in [5.74, 6) is -0.00468. The van der Waals surface area contributed by atoms with Crippen LogP contribution in [0.3, 0.4) is 0 Å². The highest BCUT2D eigenvalue weighted by atomic mass is 16.5. The minimum absolute atomic E-state index is 0.185. The van der Waals surface area contributed by atoms with Crippen molar-refractivity contribution in [3.05, 3.63) is 24.0 Å². The van der Waals surface area contributed by atoms with Crippen molar-refractivity contribution >= 4 is 5.78 Å². The van der Waals surface area contributed by atoms with Gasteiger partial charge < -0.3 is 9.84 Å². The topological polar surface area (TPSA) is 59.4 Å². The molecule has 0 saturated carbocycles. The fourth-order valence-corrected chi connectivity index (χ4v) is 1.08. The maximum Gasteiger partial charge on any atom is 0.213 e.